The van der Waals surface area contributed by atoms with Crippen molar-refractivity contribution in [1.82, 2.24) is 9.97 Å². The highest BCUT2D eigenvalue weighted by atomic mass is 32.2. The molecule has 0 aliphatic carbocycles. The molecule has 12 heteroatoms. The molecule has 0 bridgehead atoms. The second kappa shape index (κ2) is 8.25. The quantitative estimate of drug-likeness (QED) is 0.580. The van der Waals surface area contributed by atoms with Gasteiger partial charge in [-0.2, -0.15) is 0 Å². The Hall–Kier alpha value is -2.86. The molecule has 2 aromatic heterocycles. The molecule has 152 valence electrons. The lowest BCUT2D eigenvalue weighted by Gasteiger charge is -2.05. The number of thiazole rings is 1. The van der Waals surface area contributed by atoms with Gasteiger partial charge in [0, 0.05) is 17.8 Å². The van der Waals surface area contributed by atoms with Crippen LogP contribution in [0.3, 0.4) is 0 Å². The minimum absolute atomic E-state index is 0.0286. The van der Waals surface area contributed by atoms with Crippen molar-refractivity contribution in [2.45, 2.75) is 16.4 Å². The number of hydrogen-bond donors (Lipinski definition) is 1. The summed E-state index contributed by atoms with van der Waals surface area (Å²) in [4.78, 5) is 19.4. The summed E-state index contributed by atoms with van der Waals surface area (Å²) in [5.74, 6) is -3.78. The number of carbonyl (C=O) groups is 1. The Kier molecular flexibility index (Phi) is 5.94. The number of hydrogen-bond acceptors (Lipinski definition) is 6. The Morgan fingerprint density at radius 3 is 2.55 bits per heavy atom. The van der Waals surface area contributed by atoms with Crippen molar-refractivity contribution in [3.8, 4) is 0 Å². The largest absolute Gasteiger partial charge is 0.296 e. The molecule has 0 saturated carbocycles. The van der Waals surface area contributed by atoms with E-state index < -0.39 is 49.5 Å². The first-order valence-electron chi connectivity index (χ1n) is 7.85. The summed E-state index contributed by atoms with van der Waals surface area (Å²) in [6, 6.07) is 6.72. The molecule has 0 fully saturated rings. The summed E-state index contributed by atoms with van der Waals surface area (Å²) in [7, 11) is -4.46. The number of carbonyl (C=O) groups excluding carboxylic acids is 1. The fraction of sp³-hybridized carbons (Fsp3) is 0.118. The molecular formula is C17H11F4N3O3S2. The lowest BCUT2D eigenvalue weighted by atomic mass is 10.2. The highest BCUT2D eigenvalue weighted by Gasteiger charge is 2.30. The van der Waals surface area contributed by atoms with Crippen molar-refractivity contribution in [2.75, 3.05) is 5.32 Å². The minimum Gasteiger partial charge on any atom is -0.296 e. The van der Waals surface area contributed by atoms with Gasteiger partial charge >= 0.3 is 0 Å². The zero-order valence-corrected chi connectivity index (χ0v) is 15.9. The average molecular weight is 445 g/mol. The Balaban J connectivity index is 1.92. The second-order valence-corrected chi connectivity index (χ2v) is 8.84. The molecule has 0 aliphatic rings. The predicted octanol–water partition coefficient (Wildman–Crippen LogP) is 3.98. The molecule has 1 aromatic carbocycles. The highest BCUT2D eigenvalue weighted by Crippen LogP contribution is 2.36. The predicted molar refractivity (Wildman–Crippen MR) is 96.5 cm³/mol. The fourth-order valence-corrected chi connectivity index (χ4v) is 5.15. The zero-order chi connectivity index (χ0) is 21.2. The third kappa shape index (κ3) is 4.77. The van der Waals surface area contributed by atoms with Crippen LogP contribution < -0.4 is 5.32 Å². The number of benzene rings is 1. The first-order chi connectivity index (χ1) is 13.7. The van der Waals surface area contributed by atoms with Gasteiger partial charge in [-0.25, -0.2) is 31.0 Å². The van der Waals surface area contributed by atoms with Crippen LogP contribution in [0.2, 0.25) is 0 Å². The van der Waals surface area contributed by atoms with Crippen LogP contribution in [-0.4, -0.2) is 24.3 Å². The molecule has 0 atom stereocenters. The summed E-state index contributed by atoms with van der Waals surface area (Å²) in [6.45, 7) is 0. The molecule has 3 rings (SSSR count). The van der Waals surface area contributed by atoms with Gasteiger partial charge in [-0.15, -0.1) is 0 Å². The minimum atomic E-state index is -4.46. The van der Waals surface area contributed by atoms with Crippen molar-refractivity contribution in [3.63, 3.8) is 0 Å². The topological polar surface area (TPSA) is 89.0 Å². The smallest absolute Gasteiger partial charge is 0.282 e. The summed E-state index contributed by atoms with van der Waals surface area (Å²) >= 11 is 0.311. The molecule has 1 amide bonds. The van der Waals surface area contributed by atoms with Crippen LogP contribution in [0, 0.1) is 11.6 Å². The third-order valence-corrected chi connectivity index (χ3v) is 6.85. The Morgan fingerprint density at radius 1 is 1.17 bits per heavy atom. The van der Waals surface area contributed by atoms with Crippen LogP contribution in [0.1, 0.15) is 28.2 Å². The van der Waals surface area contributed by atoms with Gasteiger partial charge in [-0.3, -0.25) is 15.1 Å². The van der Waals surface area contributed by atoms with Crippen LogP contribution in [0.4, 0.5) is 22.7 Å². The maximum atomic E-state index is 13.8. The van der Waals surface area contributed by atoms with Gasteiger partial charge in [-0.1, -0.05) is 23.5 Å². The van der Waals surface area contributed by atoms with Crippen molar-refractivity contribution >= 4 is 32.2 Å². The fourth-order valence-electron chi connectivity index (χ4n) is 2.30. The van der Waals surface area contributed by atoms with Crippen LogP contribution >= 0.6 is 11.3 Å². The summed E-state index contributed by atoms with van der Waals surface area (Å²) in [5.41, 5.74) is -1.48. The van der Waals surface area contributed by atoms with Gasteiger partial charge in [0.05, 0.1) is 5.75 Å². The monoisotopic (exact) mass is 445 g/mol. The number of amides is 1. The van der Waals surface area contributed by atoms with E-state index in [2.05, 4.69) is 15.3 Å². The Labute approximate surface area is 166 Å². The van der Waals surface area contributed by atoms with Crippen molar-refractivity contribution in [1.29, 1.82) is 0 Å². The number of nitrogens with one attached hydrogen (secondary N) is 1. The number of pyridine rings is 1. The molecule has 0 saturated heterocycles. The highest BCUT2D eigenvalue weighted by molar-refractivity contribution is 7.92. The molecule has 1 N–H and O–H groups in total. The van der Waals surface area contributed by atoms with E-state index in [4.69, 9.17) is 0 Å². The SMILES string of the molecule is O=C(Nc1nc(C(F)F)c(S(=O)(=O)Cc2ccc(F)cc2F)s1)c1ccccn1. The van der Waals surface area contributed by atoms with E-state index >= 15 is 0 Å². The molecular weight excluding hydrogens is 434 g/mol. The molecule has 0 unspecified atom stereocenters. The van der Waals surface area contributed by atoms with E-state index in [1.165, 1.54) is 18.3 Å². The van der Waals surface area contributed by atoms with Gasteiger partial charge in [0.15, 0.2) is 19.2 Å². The first kappa shape index (κ1) is 20.9. The van der Waals surface area contributed by atoms with Gasteiger partial charge in [0.1, 0.15) is 23.0 Å². The van der Waals surface area contributed by atoms with Gasteiger partial charge in [0.2, 0.25) is 0 Å². The number of rotatable bonds is 6. The number of sulfone groups is 1. The first-order valence-corrected chi connectivity index (χ1v) is 10.3. The van der Waals surface area contributed by atoms with Crippen molar-refractivity contribution < 1.29 is 30.8 Å². The summed E-state index contributed by atoms with van der Waals surface area (Å²) in [5, 5.41) is 1.83. The molecule has 6 nitrogen and oxygen atoms in total. The standard InChI is InChI=1S/C17H11F4N3O3S2/c18-10-5-4-9(11(19)7-10)8-29(26,27)16-13(14(20)21)23-17(28-16)24-15(25)12-3-1-2-6-22-12/h1-7,14H,8H2,(H,23,24,25). The van der Waals surface area contributed by atoms with E-state index in [0.29, 0.717) is 17.4 Å². The van der Waals surface area contributed by atoms with E-state index in [1.807, 2.05) is 0 Å². The molecule has 0 radical (unpaired) electrons. The maximum Gasteiger partial charge on any atom is 0.282 e. The van der Waals surface area contributed by atoms with Crippen molar-refractivity contribution in [2.24, 2.45) is 0 Å². The van der Waals surface area contributed by atoms with Gasteiger partial charge < -0.3 is 0 Å². The third-order valence-electron chi connectivity index (χ3n) is 3.59. The van der Waals surface area contributed by atoms with E-state index in [-0.39, 0.29) is 16.4 Å². The number of anilines is 1. The number of halogens is 4. The Morgan fingerprint density at radius 2 is 1.93 bits per heavy atom. The van der Waals surface area contributed by atoms with E-state index in [0.717, 1.165) is 12.1 Å². The van der Waals surface area contributed by atoms with Crippen LogP contribution in [0.25, 0.3) is 0 Å². The lowest BCUT2D eigenvalue weighted by molar-refractivity contribution is 0.102. The van der Waals surface area contributed by atoms with E-state index in [1.54, 1.807) is 6.07 Å². The number of alkyl halides is 2. The van der Waals surface area contributed by atoms with Crippen molar-refractivity contribution in [3.05, 3.63) is 71.2 Å². The van der Waals surface area contributed by atoms with Crippen LogP contribution in [-0.2, 0) is 15.6 Å². The molecule has 0 spiro atoms. The average Bonchev–Trinajstić information content (AvgIpc) is 3.10. The molecule has 3 aromatic rings. The van der Waals surface area contributed by atoms with Gasteiger partial charge in [-0.05, 0) is 18.2 Å². The zero-order valence-electron chi connectivity index (χ0n) is 14.3. The molecule has 0 aliphatic heterocycles. The maximum absolute atomic E-state index is 13.8. The second-order valence-electron chi connectivity index (χ2n) is 5.66. The molecule has 2 heterocycles. The van der Waals surface area contributed by atoms with Crippen LogP contribution in [0.5, 0.6) is 0 Å². The summed E-state index contributed by atoms with van der Waals surface area (Å²) < 4.78 is 77.8. The van der Waals surface area contributed by atoms with Gasteiger partial charge in [0.25, 0.3) is 12.3 Å². The molecule has 29 heavy (non-hydrogen) atoms. The number of nitrogens with zero attached hydrogens (tertiary/aromatic N) is 2. The Bertz CT molecular complexity index is 1150. The lowest BCUT2D eigenvalue weighted by Crippen LogP contribution is -2.13. The normalized spacial score (nSPS) is 11.6. The summed E-state index contributed by atoms with van der Waals surface area (Å²) in [6.07, 6.45) is -1.91. The van der Waals surface area contributed by atoms with E-state index in [9.17, 15) is 30.8 Å². The number of aromatic nitrogens is 2. The van der Waals surface area contributed by atoms with Crippen LogP contribution in [0.15, 0.2) is 46.8 Å².